The Balaban J connectivity index is 2.16. The number of benzene rings is 1. The number of methoxy groups -OCH3 is 2. The number of nitrogens with zero attached hydrogens (tertiary/aromatic N) is 4. The fourth-order valence-corrected chi connectivity index (χ4v) is 3.31. The van der Waals surface area contributed by atoms with Crippen molar-refractivity contribution < 1.29 is 9.47 Å². The first-order valence-corrected chi connectivity index (χ1v) is 8.88. The normalized spacial score (nSPS) is 12.3. The van der Waals surface area contributed by atoms with Gasteiger partial charge in [0.2, 0.25) is 4.80 Å². The van der Waals surface area contributed by atoms with Gasteiger partial charge in [-0.15, -0.1) is 11.3 Å². The molecule has 7 heteroatoms. The molecule has 0 saturated heterocycles. The zero-order chi connectivity index (χ0) is 18.5. The van der Waals surface area contributed by atoms with Crippen LogP contribution in [-0.2, 0) is 0 Å². The van der Waals surface area contributed by atoms with Crippen LogP contribution in [0.5, 0.6) is 11.5 Å². The molecule has 0 unspecified atom stereocenters. The van der Waals surface area contributed by atoms with Crippen molar-refractivity contribution in [2.45, 2.75) is 6.92 Å². The number of pyridine rings is 1. The molecule has 0 amide bonds. The lowest BCUT2D eigenvalue weighted by Crippen LogP contribution is -2.14. The van der Waals surface area contributed by atoms with E-state index in [1.165, 1.54) is 11.3 Å². The average Bonchev–Trinajstić information content (AvgIpc) is 3.10. The zero-order valence-corrected chi connectivity index (χ0v) is 15.9. The summed E-state index contributed by atoms with van der Waals surface area (Å²) in [7, 11) is 5.03. The van der Waals surface area contributed by atoms with E-state index in [1.54, 1.807) is 27.5 Å². The molecule has 0 saturated carbocycles. The Morgan fingerprint density at radius 3 is 2.65 bits per heavy atom. The highest BCUT2D eigenvalue weighted by Crippen LogP contribution is 2.33. The Labute approximate surface area is 156 Å². The topological polar surface area (TPSA) is 61.0 Å². The maximum atomic E-state index is 5.55. The van der Waals surface area contributed by atoms with E-state index in [9.17, 15) is 0 Å². The van der Waals surface area contributed by atoms with E-state index in [4.69, 9.17) is 14.6 Å². The second-order valence-corrected chi connectivity index (χ2v) is 6.24. The lowest BCUT2D eigenvalue weighted by molar-refractivity contribution is 0.395. The SMILES string of the molecule is CN=c1scc(-c2ccc(OC)cc2OC)n1/N=C(/C)c1ccccn1. The highest BCUT2D eigenvalue weighted by molar-refractivity contribution is 7.07. The number of rotatable bonds is 5. The van der Waals surface area contributed by atoms with Crippen LogP contribution in [0.25, 0.3) is 11.3 Å². The molecule has 0 N–H and O–H groups in total. The summed E-state index contributed by atoms with van der Waals surface area (Å²) < 4.78 is 12.7. The van der Waals surface area contributed by atoms with Gasteiger partial charge in [-0.1, -0.05) is 6.07 Å². The summed E-state index contributed by atoms with van der Waals surface area (Å²) in [6, 6.07) is 11.5. The predicted molar refractivity (Wildman–Crippen MR) is 104 cm³/mol. The van der Waals surface area contributed by atoms with Crippen LogP contribution < -0.4 is 14.3 Å². The van der Waals surface area contributed by atoms with E-state index in [-0.39, 0.29) is 0 Å². The second kappa shape index (κ2) is 7.97. The molecular weight excluding hydrogens is 348 g/mol. The van der Waals surface area contributed by atoms with E-state index in [0.717, 1.165) is 33.2 Å². The minimum atomic E-state index is 0.712. The molecule has 0 radical (unpaired) electrons. The monoisotopic (exact) mass is 368 g/mol. The van der Waals surface area contributed by atoms with Crippen molar-refractivity contribution in [3.8, 4) is 22.8 Å². The maximum absolute atomic E-state index is 5.55. The molecule has 0 aliphatic carbocycles. The van der Waals surface area contributed by atoms with E-state index < -0.39 is 0 Å². The smallest absolute Gasteiger partial charge is 0.205 e. The Bertz CT molecular complexity index is 990. The van der Waals surface area contributed by atoms with Gasteiger partial charge in [-0.3, -0.25) is 9.98 Å². The summed E-state index contributed by atoms with van der Waals surface area (Å²) in [5.41, 5.74) is 3.43. The van der Waals surface area contributed by atoms with Gasteiger partial charge in [0.25, 0.3) is 0 Å². The molecule has 0 aliphatic heterocycles. The van der Waals surface area contributed by atoms with Crippen LogP contribution in [0.15, 0.2) is 58.1 Å². The standard InChI is InChI=1S/C19H20N4O2S/c1-13(16-7-5-6-10-21-16)22-23-17(12-26-19(23)20-2)15-9-8-14(24-3)11-18(15)25-4/h5-12H,1-4H3/b20-19?,22-13-. The molecule has 0 aliphatic rings. The molecule has 0 spiro atoms. The second-order valence-electron chi connectivity index (χ2n) is 5.41. The summed E-state index contributed by atoms with van der Waals surface area (Å²) in [6.07, 6.45) is 1.76. The maximum Gasteiger partial charge on any atom is 0.205 e. The molecular formula is C19H20N4O2S. The van der Waals surface area contributed by atoms with Gasteiger partial charge in [-0.25, -0.2) is 4.68 Å². The highest BCUT2D eigenvalue weighted by Gasteiger charge is 2.14. The molecule has 6 nitrogen and oxygen atoms in total. The largest absolute Gasteiger partial charge is 0.497 e. The lowest BCUT2D eigenvalue weighted by atomic mass is 10.1. The summed E-state index contributed by atoms with van der Waals surface area (Å²) in [4.78, 5) is 9.49. The quantitative estimate of drug-likeness (QED) is 0.648. The van der Waals surface area contributed by atoms with Crippen LogP contribution in [0.3, 0.4) is 0 Å². The van der Waals surface area contributed by atoms with Crippen molar-refractivity contribution in [3.05, 3.63) is 58.5 Å². The molecule has 26 heavy (non-hydrogen) atoms. The summed E-state index contributed by atoms with van der Waals surface area (Å²) in [5.74, 6) is 1.45. The first-order chi connectivity index (χ1) is 12.7. The summed E-state index contributed by atoms with van der Waals surface area (Å²) in [6.45, 7) is 1.93. The number of hydrogen-bond acceptors (Lipinski definition) is 6. The average molecular weight is 368 g/mol. The van der Waals surface area contributed by atoms with Gasteiger partial charge in [-0.2, -0.15) is 5.10 Å². The van der Waals surface area contributed by atoms with Gasteiger partial charge < -0.3 is 9.47 Å². The van der Waals surface area contributed by atoms with Gasteiger partial charge in [0, 0.05) is 30.3 Å². The van der Waals surface area contributed by atoms with Crippen molar-refractivity contribution >= 4 is 17.0 Å². The zero-order valence-electron chi connectivity index (χ0n) is 15.1. The number of thiazole rings is 1. The Morgan fingerprint density at radius 1 is 1.15 bits per heavy atom. The third-order valence-electron chi connectivity index (χ3n) is 3.85. The van der Waals surface area contributed by atoms with Crippen molar-refractivity contribution in [3.63, 3.8) is 0 Å². The molecule has 134 valence electrons. The first kappa shape index (κ1) is 17.9. The van der Waals surface area contributed by atoms with E-state index in [0.29, 0.717) is 5.75 Å². The van der Waals surface area contributed by atoms with Crippen molar-refractivity contribution in [1.82, 2.24) is 9.66 Å². The first-order valence-electron chi connectivity index (χ1n) is 8.00. The third kappa shape index (κ3) is 3.52. The third-order valence-corrected chi connectivity index (χ3v) is 4.75. The minimum Gasteiger partial charge on any atom is -0.497 e. The molecule has 0 atom stereocenters. The highest BCUT2D eigenvalue weighted by atomic mass is 32.1. The van der Waals surface area contributed by atoms with E-state index >= 15 is 0 Å². The lowest BCUT2D eigenvalue weighted by Gasteiger charge is -2.11. The molecule has 3 rings (SSSR count). The predicted octanol–water partition coefficient (Wildman–Crippen LogP) is 3.43. The minimum absolute atomic E-state index is 0.712. The number of hydrogen-bond donors (Lipinski definition) is 0. The van der Waals surface area contributed by atoms with Crippen LogP contribution in [0, 0.1) is 0 Å². The summed E-state index contributed by atoms with van der Waals surface area (Å²) in [5, 5.41) is 6.77. The molecule has 0 bridgehead atoms. The Hall–Kier alpha value is -2.93. The van der Waals surface area contributed by atoms with E-state index in [2.05, 4.69) is 9.98 Å². The number of aromatic nitrogens is 2. The van der Waals surface area contributed by atoms with Crippen molar-refractivity contribution in [2.75, 3.05) is 21.3 Å². The molecule has 2 heterocycles. The Kier molecular flexibility index (Phi) is 5.48. The number of ether oxygens (including phenoxy) is 2. The summed E-state index contributed by atoms with van der Waals surface area (Å²) >= 11 is 1.52. The van der Waals surface area contributed by atoms with Crippen LogP contribution in [0.2, 0.25) is 0 Å². The fraction of sp³-hybridized carbons (Fsp3) is 0.211. The van der Waals surface area contributed by atoms with Gasteiger partial charge in [-0.05, 0) is 31.2 Å². The van der Waals surface area contributed by atoms with Crippen molar-refractivity contribution in [1.29, 1.82) is 0 Å². The van der Waals surface area contributed by atoms with Gasteiger partial charge in [0.1, 0.15) is 11.5 Å². The van der Waals surface area contributed by atoms with Crippen LogP contribution in [0.4, 0.5) is 0 Å². The van der Waals surface area contributed by atoms with Gasteiger partial charge >= 0.3 is 0 Å². The molecule has 1 aromatic carbocycles. The fourth-order valence-electron chi connectivity index (χ4n) is 2.52. The molecule has 2 aromatic heterocycles. The molecule has 3 aromatic rings. The van der Waals surface area contributed by atoms with E-state index in [1.807, 2.05) is 53.4 Å². The van der Waals surface area contributed by atoms with Crippen molar-refractivity contribution in [2.24, 2.45) is 10.1 Å². The van der Waals surface area contributed by atoms with Gasteiger partial charge in [0.05, 0.1) is 31.3 Å². The van der Waals surface area contributed by atoms with Crippen LogP contribution >= 0.6 is 11.3 Å². The van der Waals surface area contributed by atoms with Crippen LogP contribution in [0.1, 0.15) is 12.6 Å². The van der Waals surface area contributed by atoms with Crippen LogP contribution in [-0.4, -0.2) is 36.6 Å². The Morgan fingerprint density at radius 2 is 2.00 bits per heavy atom. The van der Waals surface area contributed by atoms with Gasteiger partial charge in [0.15, 0.2) is 0 Å². The molecule has 0 fully saturated rings.